The van der Waals surface area contributed by atoms with Crippen LogP contribution in [0.5, 0.6) is 0 Å². The molecule has 0 aromatic carbocycles. The quantitative estimate of drug-likeness (QED) is 0.458. The second kappa shape index (κ2) is 14.9. The summed E-state index contributed by atoms with van der Waals surface area (Å²) in [7, 11) is 0. The van der Waals surface area contributed by atoms with Crippen LogP contribution in [0.3, 0.4) is 0 Å². The van der Waals surface area contributed by atoms with Crippen molar-refractivity contribution in [2.24, 2.45) is 0 Å². The maximum atomic E-state index is 4.57. The fourth-order valence-electron chi connectivity index (χ4n) is 1.65. The molecule has 0 N–H and O–H groups in total. The lowest BCUT2D eigenvalue weighted by molar-refractivity contribution is -0.312. The zero-order chi connectivity index (χ0) is 11.9. The maximum Gasteiger partial charge on any atom is 0.0823 e. The highest BCUT2D eigenvalue weighted by molar-refractivity contribution is 4.43. The van der Waals surface area contributed by atoms with Gasteiger partial charge in [0.2, 0.25) is 0 Å². The van der Waals surface area contributed by atoms with Gasteiger partial charge in [-0.05, 0) is 12.8 Å². The fourth-order valence-corrected chi connectivity index (χ4v) is 1.65. The lowest BCUT2D eigenvalue weighted by atomic mass is 10.1. The largest absolute Gasteiger partial charge is 0.237 e. The van der Waals surface area contributed by atoms with Gasteiger partial charge in [0.1, 0.15) is 0 Å². The Kier molecular flexibility index (Phi) is 14.8. The normalized spacial score (nSPS) is 15.4. The van der Waals surface area contributed by atoms with Crippen LogP contribution in [0, 0.1) is 0 Å². The molecule has 0 unspecified atom stereocenters. The molecule has 0 spiro atoms. The van der Waals surface area contributed by atoms with Crippen molar-refractivity contribution in [3.8, 4) is 0 Å². The van der Waals surface area contributed by atoms with E-state index in [1.165, 1.54) is 51.4 Å². The molecule has 2 nitrogen and oxygen atoms in total. The van der Waals surface area contributed by atoms with E-state index in [1.807, 2.05) is 0 Å². The number of rotatable bonds is 7. The monoisotopic (exact) mass is 230 g/mol. The fraction of sp³-hybridized carbons (Fsp3) is 1.00. The van der Waals surface area contributed by atoms with E-state index >= 15 is 0 Å². The smallest absolute Gasteiger partial charge is 0.0823 e. The molecule has 0 aliphatic carbocycles. The van der Waals surface area contributed by atoms with Crippen LogP contribution in [0.15, 0.2) is 0 Å². The number of unbranched alkanes of at least 4 members (excludes halogenated alkanes) is 7. The van der Waals surface area contributed by atoms with E-state index in [0.29, 0.717) is 0 Å². The summed E-state index contributed by atoms with van der Waals surface area (Å²) in [6.45, 7) is 6.10. The van der Waals surface area contributed by atoms with Crippen molar-refractivity contribution in [1.82, 2.24) is 0 Å². The first-order valence-corrected chi connectivity index (χ1v) is 7.16. The van der Waals surface area contributed by atoms with Gasteiger partial charge in [-0.15, -0.1) is 0 Å². The van der Waals surface area contributed by atoms with E-state index in [-0.39, 0.29) is 0 Å². The molecule has 0 bridgehead atoms. The van der Waals surface area contributed by atoms with Gasteiger partial charge in [0.25, 0.3) is 0 Å². The van der Waals surface area contributed by atoms with Crippen LogP contribution in [0.1, 0.15) is 78.1 Å². The first-order valence-electron chi connectivity index (χ1n) is 7.16. The van der Waals surface area contributed by atoms with Gasteiger partial charge < -0.3 is 0 Å². The van der Waals surface area contributed by atoms with E-state index in [9.17, 15) is 0 Å². The molecule has 1 heterocycles. The van der Waals surface area contributed by atoms with Gasteiger partial charge in [0.05, 0.1) is 13.2 Å². The number of hydrogen-bond donors (Lipinski definition) is 0. The Morgan fingerprint density at radius 3 is 1.25 bits per heavy atom. The first-order chi connectivity index (χ1) is 7.91. The van der Waals surface area contributed by atoms with Crippen LogP contribution in [0.25, 0.3) is 0 Å². The Hall–Kier alpha value is -0.0800. The van der Waals surface area contributed by atoms with Gasteiger partial charge in [0, 0.05) is 0 Å². The SMILES string of the molecule is C1CCOOC1.CCCCCCCCCC. The predicted molar refractivity (Wildman–Crippen MR) is 69.4 cm³/mol. The summed E-state index contributed by atoms with van der Waals surface area (Å²) in [5.74, 6) is 0. The third-order valence-electron chi connectivity index (χ3n) is 2.75. The minimum absolute atomic E-state index is 0.778. The van der Waals surface area contributed by atoms with Crippen molar-refractivity contribution < 1.29 is 9.78 Å². The molecule has 1 rings (SSSR count). The molecule has 0 radical (unpaired) electrons. The molecule has 0 saturated carbocycles. The summed E-state index contributed by atoms with van der Waals surface area (Å²) in [6.07, 6.45) is 13.8. The van der Waals surface area contributed by atoms with Crippen LogP contribution in [0.4, 0.5) is 0 Å². The molecular weight excluding hydrogens is 200 g/mol. The topological polar surface area (TPSA) is 18.5 Å². The summed E-state index contributed by atoms with van der Waals surface area (Å²) in [6, 6.07) is 0. The van der Waals surface area contributed by atoms with Gasteiger partial charge in [-0.1, -0.05) is 65.2 Å². The second-order valence-electron chi connectivity index (χ2n) is 4.47. The van der Waals surface area contributed by atoms with E-state index < -0.39 is 0 Å². The first kappa shape index (κ1) is 15.9. The zero-order valence-electron chi connectivity index (χ0n) is 11.3. The minimum Gasteiger partial charge on any atom is -0.237 e. The highest BCUT2D eigenvalue weighted by atomic mass is 17.2. The van der Waals surface area contributed by atoms with Crippen molar-refractivity contribution in [1.29, 1.82) is 0 Å². The molecule has 1 saturated heterocycles. The molecule has 98 valence electrons. The van der Waals surface area contributed by atoms with Gasteiger partial charge in [-0.3, -0.25) is 0 Å². The lowest BCUT2D eigenvalue weighted by Crippen LogP contribution is -2.05. The van der Waals surface area contributed by atoms with Gasteiger partial charge >= 0.3 is 0 Å². The van der Waals surface area contributed by atoms with Gasteiger partial charge in [-0.25, -0.2) is 9.78 Å². The Balaban J connectivity index is 0.000000315. The van der Waals surface area contributed by atoms with Crippen LogP contribution < -0.4 is 0 Å². The Morgan fingerprint density at radius 2 is 1.00 bits per heavy atom. The predicted octanol–water partition coefficient (Wildman–Crippen LogP) is 4.88. The molecule has 2 heteroatoms. The maximum absolute atomic E-state index is 4.57. The highest BCUT2D eigenvalue weighted by Gasteiger charge is 1.95. The summed E-state index contributed by atoms with van der Waals surface area (Å²) in [5.41, 5.74) is 0. The van der Waals surface area contributed by atoms with Crippen LogP contribution in [-0.2, 0) is 9.78 Å². The summed E-state index contributed by atoms with van der Waals surface area (Å²) in [4.78, 5) is 9.14. The average Bonchev–Trinajstić information content (AvgIpc) is 2.37. The highest BCUT2D eigenvalue weighted by Crippen LogP contribution is 2.07. The molecule has 0 atom stereocenters. The molecule has 1 aliphatic heterocycles. The summed E-state index contributed by atoms with van der Waals surface area (Å²) in [5, 5.41) is 0. The molecular formula is C14H30O2. The van der Waals surface area contributed by atoms with Gasteiger partial charge in [-0.2, -0.15) is 0 Å². The molecule has 0 aromatic heterocycles. The molecule has 1 aliphatic rings. The molecule has 1 fully saturated rings. The van der Waals surface area contributed by atoms with Crippen molar-refractivity contribution in [2.45, 2.75) is 78.1 Å². The van der Waals surface area contributed by atoms with Crippen molar-refractivity contribution in [3.63, 3.8) is 0 Å². The third-order valence-corrected chi connectivity index (χ3v) is 2.75. The summed E-state index contributed by atoms with van der Waals surface area (Å²) >= 11 is 0. The Labute approximate surface area is 102 Å². The van der Waals surface area contributed by atoms with Crippen molar-refractivity contribution in [2.75, 3.05) is 13.2 Å². The van der Waals surface area contributed by atoms with E-state index in [2.05, 4.69) is 23.6 Å². The zero-order valence-corrected chi connectivity index (χ0v) is 11.3. The van der Waals surface area contributed by atoms with Crippen molar-refractivity contribution in [3.05, 3.63) is 0 Å². The third kappa shape index (κ3) is 13.9. The molecule has 0 aromatic rings. The van der Waals surface area contributed by atoms with E-state index in [0.717, 1.165) is 26.1 Å². The summed E-state index contributed by atoms with van der Waals surface area (Å²) < 4.78 is 0. The van der Waals surface area contributed by atoms with E-state index in [4.69, 9.17) is 0 Å². The minimum atomic E-state index is 0.778. The van der Waals surface area contributed by atoms with Crippen LogP contribution >= 0.6 is 0 Å². The van der Waals surface area contributed by atoms with Gasteiger partial charge in [0.15, 0.2) is 0 Å². The standard InChI is InChI=1S/C10H22.C4H8O2/c1-3-5-7-9-10-8-6-4-2;1-2-4-6-5-3-1/h3-10H2,1-2H3;1-4H2. The van der Waals surface area contributed by atoms with Crippen LogP contribution in [-0.4, -0.2) is 13.2 Å². The Bertz CT molecular complexity index is 91.8. The second-order valence-corrected chi connectivity index (χ2v) is 4.47. The number of hydrogen-bond acceptors (Lipinski definition) is 2. The van der Waals surface area contributed by atoms with Crippen molar-refractivity contribution >= 4 is 0 Å². The van der Waals surface area contributed by atoms with Crippen LogP contribution in [0.2, 0.25) is 0 Å². The van der Waals surface area contributed by atoms with E-state index in [1.54, 1.807) is 0 Å². The molecule has 16 heavy (non-hydrogen) atoms. The average molecular weight is 230 g/mol. The molecule has 0 amide bonds. The Morgan fingerprint density at radius 1 is 0.625 bits per heavy atom. The lowest BCUT2D eigenvalue weighted by Gasteiger charge is -2.07.